The Bertz CT molecular complexity index is 1880. The van der Waals surface area contributed by atoms with Gasteiger partial charge in [-0.15, -0.1) is 0 Å². The molecule has 2 N–H and O–H groups in total. The second-order valence-corrected chi connectivity index (χ2v) is 10.5. The van der Waals surface area contributed by atoms with E-state index in [1.54, 1.807) is 44.4 Å². The average molecular weight is 611 g/mol. The molecule has 0 spiro atoms. The molecular formula is C32H28F2N8O3. The number of fused-ring (bicyclic) bond motifs is 1. The van der Waals surface area contributed by atoms with E-state index in [2.05, 4.69) is 30.6 Å². The van der Waals surface area contributed by atoms with Crippen molar-refractivity contribution >= 4 is 40.0 Å². The van der Waals surface area contributed by atoms with Crippen LogP contribution in [0.15, 0.2) is 73.3 Å². The fourth-order valence-corrected chi connectivity index (χ4v) is 4.95. The molecule has 3 heterocycles. The van der Waals surface area contributed by atoms with Gasteiger partial charge in [0.05, 0.1) is 24.3 Å². The molecule has 6 rings (SSSR count). The number of nitrogens with one attached hydrogen (secondary N) is 2. The van der Waals surface area contributed by atoms with E-state index < -0.39 is 17.7 Å². The van der Waals surface area contributed by atoms with Crippen molar-refractivity contribution in [3.05, 3.63) is 90.5 Å². The van der Waals surface area contributed by atoms with Gasteiger partial charge in [0.1, 0.15) is 23.8 Å². The zero-order chi connectivity index (χ0) is 31.5. The van der Waals surface area contributed by atoms with E-state index in [1.165, 1.54) is 47.9 Å². The lowest BCUT2D eigenvalue weighted by Crippen LogP contribution is -2.37. The maximum Gasteiger partial charge on any atom is 0.323 e. The quantitative estimate of drug-likeness (QED) is 0.268. The van der Waals surface area contributed by atoms with Crippen molar-refractivity contribution in [1.82, 2.24) is 24.8 Å². The number of carbonyl (C=O) groups is 2. The van der Waals surface area contributed by atoms with Gasteiger partial charge in [0.2, 0.25) is 0 Å². The first kappa shape index (κ1) is 29.5. The van der Waals surface area contributed by atoms with Crippen LogP contribution >= 0.6 is 0 Å². The summed E-state index contributed by atoms with van der Waals surface area (Å²) >= 11 is 0. The van der Waals surface area contributed by atoms with Gasteiger partial charge < -0.3 is 25.2 Å². The van der Waals surface area contributed by atoms with Crippen LogP contribution in [0.3, 0.4) is 0 Å². The highest BCUT2D eigenvalue weighted by Crippen LogP contribution is 2.34. The standard InChI is InChI=1S/C32H28F2N8O3/c1-41(2)31(43)19-3-5-21(6-4-19)37-32(44)38-22-7-8-23(26(33)13-22)29-39-28-15-24(20-16-35-18-36-17-20)27(34)14-25(28)30(40-29)42-9-11-45-12-10-42/h3-8,13-18H,9-12H2,1-2H3,(H2,37,38,44). The number of aromatic nitrogens is 4. The minimum atomic E-state index is -0.662. The molecule has 228 valence electrons. The lowest BCUT2D eigenvalue weighted by atomic mass is 10.0. The number of urea groups is 1. The van der Waals surface area contributed by atoms with Crippen molar-refractivity contribution in [3.63, 3.8) is 0 Å². The SMILES string of the molecule is CN(C)C(=O)c1ccc(NC(=O)Nc2ccc(-c3nc(N4CCOCC4)c4cc(F)c(-c5cncnc5)cc4n3)c(F)c2)cc1. The van der Waals surface area contributed by atoms with Gasteiger partial charge in [0.25, 0.3) is 5.91 Å². The van der Waals surface area contributed by atoms with Gasteiger partial charge in [-0.25, -0.2) is 33.5 Å². The molecule has 0 unspecified atom stereocenters. The Balaban J connectivity index is 1.29. The predicted molar refractivity (Wildman–Crippen MR) is 166 cm³/mol. The number of rotatable bonds is 6. The molecule has 1 fully saturated rings. The van der Waals surface area contributed by atoms with Gasteiger partial charge in [0.15, 0.2) is 5.82 Å². The van der Waals surface area contributed by atoms with Crippen LogP contribution in [0.25, 0.3) is 33.4 Å². The highest BCUT2D eigenvalue weighted by molar-refractivity contribution is 6.01. The number of amides is 3. The van der Waals surface area contributed by atoms with Crippen LogP contribution in [0.1, 0.15) is 10.4 Å². The molecule has 0 aliphatic carbocycles. The fraction of sp³-hybridized carbons (Fsp3) is 0.188. The summed E-state index contributed by atoms with van der Waals surface area (Å²) in [4.78, 5) is 45.4. The highest BCUT2D eigenvalue weighted by atomic mass is 19.1. The monoisotopic (exact) mass is 610 g/mol. The number of halogens is 2. The fourth-order valence-electron chi connectivity index (χ4n) is 4.95. The highest BCUT2D eigenvalue weighted by Gasteiger charge is 2.22. The van der Waals surface area contributed by atoms with Gasteiger partial charge in [-0.05, 0) is 54.6 Å². The van der Waals surface area contributed by atoms with Crippen LogP contribution in [-0.4, -0.2) is 77.2 Å². The lowest BCUT2D eigenvalue weighted by Gasteiger charge is -2.29. The van der Waals surface area contributed by atoms with E-state index in [4.69, 9.17) is 4.74 Å². The Labute approximate surface area is 256 Å². The van der Waals surface area contributed by atoms with Gasteiger partial charge in [-0.1, -0.05) is 0 Å². The number of hydrogen-bond donors (Lipinski definition) is 2. The van der Waals surface area contributed by atoms with Gasteiger partial charge in [-0.2, -0.15) is 0 Å². The zero-order valence-electron chi connectivity index (χ0n) is 24.4. The molecule has 3 aromatic carbocycles. The van der Waals surface area contributed by atoms with Gasteiger partial charge >= 0.3 is 6.03 Å². The van der Waals surface area contributed by atoms with Crippen molar-refractivity contribution in [2.24, 2.45) is 0 Å². The van der Waals surface area contributed by atoms with Crippen LogP contribution in [0, 0.1) is 11.6 Å². The van der Waals surface area contributed by atoms with Gasteiger partial charge in [0, 0.05) is 73.0 Å². The molecule has 0 atom stereocenters. The second-order valence-electron chi connectivity index (χ2n) is 10.5. The molecule has 45 heavy (non-hydrogen) atoms. The number of benzene rings is 3. The zero-order valence-corrected chi connectivity index (χ0v) is 24.4. The summed E-state index contributed by atoms with van der Waals surface area (Å²) in [7, 11) is 3.31. The van der Waals surface area contributed by atoms with Crippen molar-refractivity contribution in [1.29, 1.82) is 0 Å². The summed E-state index contributed by atoms with van der Waals surface area (Å²) < 4.78 is 36.4. The Hall–Kier alpha value is -5.56. The molecule has 1 aliphatic heterocycles. The molecule has 2 aromatic heterocycles. The van der Waals surface area contributed by atoms with Crippen LogP contribution < -0.4 is 15.5 Å². The largest absolute Gasteiger partial charge is 0.378 e. The van der Waals surface area contributed by atoms with Crippen molar-refractivity contribution in [3.8, 4) is 22.5 Å². The molecule has 5 aromatic rings. The summed E-state index contributed by atoms with van der Waals surface area (Å²) in [6.45, 7) is 1.99. The Morgan fingerprint density at radius 2 is 1.51 bits per heavy atom. The first-order chi connectivity index (χ1) is 21.8. The van der Waals surface area contributed by atoms with Crippen LogP contribution in [-0.2, 0) is 4.74 Å². The van der Waals surface area contributed by atoms with Gasteiger partial charge in [-0.3, -0.25) is 4.79 Å². The second kappa shape index (κ2) is 12.6. The molecule has 3 amide bonds. The normalized spacial score (nSPS) is 13.0. The first-order valence-corrected chi connectivity index (χ1v) is 14.1. The molecule has 0 saturated carbocycles. The molecule has 0 radical (unpaired) electrons. The molecule has 1 saturated heterocycles. The number of nitrogens with zero attached hydrogens (tertiary/aromatic N) is 6. The van der Waals surface area contributed by atoms with Crippen LogP contribution in [0.2, 0.25) is 0 Å². The predicted octanol–water partition coefficient (Wildman–Crippen LogP) is 5.21. The number of morpholine rings is 1. The van der Waals surface area contributed by atoms with Crippen molar-refractivity contribution in [2.45, 2.75) is 0 Å². The summed E-state index contributed by atoms with van der Waals surface area (Å²) in [6.07, 6.45) is 4.37. The molecule has 0 bridgehead atoms. The number of anilines is 3. The summed E-state index contributed by atoms with van der Waals surface area (Å²) in [5.41, 5.74) is 2.39. The first-order valence-electron chi connectivity index (χ1n) is 14.1. The Morgan fingerprint density at radius 1 is 0.844 bits per heavy atom. The Morgan fingerprint density at radius 3 is 2.20 bits per heavy atom. The van der Waals surface area contributed by atoms with Crippen molar-refractivity contribution < 1.29 is 23.1 Å². The van der Waals surface area contributed by atoms with E-state index >= 15 is 8.78 Å². The number of ether oxygens (including phenoxy) is 1. The minimum absolute atomic E-state index is 0.103. The third-order valence-electron chi connectivity index (χ3n) is 7.21. The lowest BCUT2D eigenvalue weighted by molar-refractivity contribution is 0.0827. The third kappa shape index (κ3) is 6.38. The topological polar surface area (TPSA) is 125 Å². The number of hydrogen-bond acceptors (Lipinski definition) is 8. The molecular weight excluding hydrogens is 582 g/mol. The maximum absolute atomic E-state index is 15.6. The number of carbonyl (C=O) groups excluding carboxylic acids is 2. The van der Waals surface area contributed by atoms with E-state index in [-0.39, 0.29) is 28.5 Å². The third-order valence-corrected chi connectivity index (χ3v) is 7.21. The summed E-state index contributed by atoms with van der Waals surface area (Å²) in [6, 6.07) is 13.0. The van der Waals surface area contributed by atoms with Crippen LogP contribution in [0.5, 0.6) is 0 Å². The van der Waals surface area contributed by atoms with Crippen molar-refractivity contribution in [2.75, 3.05) is 55.9 Å². The Kier molecular flexibility index (Phi) is 8.25. The maximum atomic E-state index is 15.6. The summed E-state index contributed by atoms with van der Waals surface area (Å²) in [5, 5.41) is 5.75. The van der Waals surface area contributed by atoms with E-state index in [1.807, 2.05) is 4.90 Å². The molecule has 13 heteroatoms. The molecule has 1 aliphatic rings. The van der Waals surface area contributed by atoms with E-state index in [9.17, 15) is 9.59 Å². The minimum Gasteiger partial charge on any atom is -0.378 e. The van der Waals surface area contributed by atoms with Crippen LogP contribution in [0.4, 0.5) is 30.8 Å². The van der Waals surface area contributed by atoms with E-state index in [0.717, 1.165) is 0 Å². The smallest absolute Gasteiger partial charge is 0.323 e. The summed E-state index contributed by atoms with van der Waals surface area (Å²) in [5.74, 6) is -0.738. The average Bonchev–Trinajstić information content (AvgIpc) is 3.05. The van der Waals surface area contributed by atoms with E-state index in [0.29, 0.717) is 59.8 Å². The molecule has 11 nitrogen and oxygen atoms in total.